The smallest absolute Gasteiger partial charge is 0.349 e. The SMILES string of the molecule is Cc1c(C(=O)OCc2ccccc2)sc2ncnc(Nc3ccc(C(C)(C)C)cc3)c12. The number of carbonyl (C=O) groups is 1. The van der Waals surface area contributed by atoms with Crippen LogP contribution >= 0.6 is 11.3 Å². The molecular weight excluding hydrogens is 406 g/mol. The summed E-state index contributed by atoms with van der Waals surface area (Å²) in [6, 6.07) is 18.0. The van der Waals surface area contributed by atoms with E-state index in [4.69, 9.17) is 4.74 Å². The Bertz CT molecular complexity index is 1210. The van der Waals surface area contributed by atoms with Crippen LogP contribution in [0.4, 0.5) is 11.5 Å². The molecule has 2 aromatic heterocycles. The number of hydrogen-bond acceptors (Lipinski definition) is 6. The van der Waals surface area contributed by atoms with Crippen molar-refractivity contribution in [2.45, 2.75) is 39.7 Å². The molecule has 0 amide bonds. The number of nitrogens with zero attached hydrogens (tertiary/aromatic N) is 2. The Morgan fingerprint density at radius 3 is 2.42 bits per heavy atom. The number of hydrogen-bond donors (Lipinski definition) is 1. The summed E-state index contributed by atoms with van der Waals surface area (Å²) in [7, 11) is 0. The molecule has 0 bridgehead atoms. The largest absolute Gasteiger partial charge is 0.457 e. The van der Waals surface area contributed by atoms with Crippen molar-refractivity contribution >= 4 is 39.0 Å². The summed E-state index contributed by atoms with van der Waals surface area (Å²) in [5, 5.41) is 4.23. The molecule has 2 aromatic carbocycles. The second kappa shape index (κ2) is 8.47. The predicted octanol–water partition coefficient (Wildman–Crippen LogP) is 6.40. The predicted molar refractivity (Wildman–Crippen MR) is 126 cm³/mol. The number of nitrogens with one attached hydrogen (secondary N) is 1. The van der Waals surface area contributed by atoms with Gasteiger partial charge in [-0.15, -0.1) is 11.3 Å². The van der Waals surface area contributed by atoms with Crippen molar-refractivity contribution in [1.82, 2.24) is 9.97 Å². The number of benzene rings is 2. The highest BCUT2D eigenvalue weighted by Gasteiger charge is 2.21. The number of esters is 1. The monoisotopic (exact) mass is 431 g/mol. The summed E-state index contributed by atoms with van der Waals surface area (Å²) < 4.78 is 5.53. The van der Waals surface area contributed by atoms with Gasteiger partial charge in [-0.25, -0.2) is 14.8 Å². The summed E-state index contributed by atoms with van der Waals surface area (Å²) >= 11 is 1.33. The third-order valence-electron chi connectivity index (χ3n) is 5.14. The van der Waals surface area contributed by atoms with Gasteiger partial charge in [-0.2, -0.15) is 0 Å². The van der Waals surface area contributed by atoms with Crippen molar-refractivity contribution in [3.63, 3.8) is 0 Å². The van der Waals surface area contributed by atoms with E-state index in [0.29, 0.717) is 10.7 Å². The normalized spacial score (nSPS) is 11.5. The van der Waals surface area contributed by atoms with Gasteiger partial charge in [0.25, 0.3) is 0 Å². The summed E-state index contributed by atoms with van der Waals surface area (Å²) in [5.74, 6) is 0.342. The number of ether oxygens (including phenoxy) is 1. The van der Waals surface area contributed by atoms with Gasteiger partial charge in [-0.3, -0.25) is 0 Å². The van der Waals surface area contributed by atoms with Crippen molar-refractivity contribution in [1.29, 1.82) is 0 Å². The molecule has 6 heteroatoms. The van der Waals surface area contributed by atoms with Gasteiger partial charge in [0, 0.05) is 5.69 Å². The van der Waals surface area contributed by atoms with Gasteiger partial charge in [0.05, 0.1) is 5.39 Å². The van der Waals surface area contributed by atoms with Crippen LogP contribution in [0.1, 0.15) is 47.1 Å². The minimum absolute atomic E-state index is 0.0969. The standard InChI is InChI=1S/C25H25N3O2S/c1-16-20-22(28-19-12-10-18(11-13-19)25(2,3)4)26-15-27-23(20)31-21(16)24(29)30-14-17-8-6-5-7-9-17/h5-13,15H,14H2,1-4H3,(H,26,27,28). The Hall–Kier alpha value is -3.25. The van der Waals surface area contributed by atoms with Crippen molar-refractivity contribution < 1.29 is 9.53 Å². The summed E-state index contributed by atoms with van der Waals surface area (Å²) in [6.45, 7) is 8.73. The highest BCUT2D eigenvalue weighted by Crippen LogP contribution is 2.35. The van der Waals surface area contributed by atoms with Crippen LogP contribution in [0.2, 0.25) is 0 Å². The molecule has 2 heterocycles. The molecule has 0 unspecified atom stereocenters. The summed E-state index contributed by atoms with van der Waals surface area (Å²) in [5.41, 5.74) is 4.08. The Kier molecular flexibility index (Phi) is 5.74. The van der Waals surface area contributed by atoms with Crippen LogP contribution in [0.3, 0.4) is 0 Å². The van der Waals surface area contributed by atoms with Crippen LogP contribution in [0.25, 0.3) is 10.2 Å². The van der Waals surface area contributed by atoms with Crippen molar-refractivity contribution in [3.05, 3.63) is 82.5 Å². The number of aryl methyl sites for hydroxylation is 1. The van der Waals surface area contributed by atoms with E-state index in [1.165, 1.54) is 23.2 Å². The summed E-state index contributed by atoms with van der Waals surface area (Å²) in [4.78, 5) is 22.8. The Labute approximate surface area is 186 Å². The average Bonchev–Trinajstić information content (AvgIpc) is 3.10. The molecule has 0 aliphatic carbocycles. The van der Waals surface area contributed by atoms with Crippen molar-refractivity contribution in [2.24, 2.45) is 0 Å². The van der Waals surface area contributed by atoms with Crippen molar-refractivity contribution in [3.8, 4) is 0 Å². The molecule has 0 aliphatic rings. The Balaban J connectivity index is 1.58. The molecule has 31 heavy (non-hydrogen) atoms. The van der Waals surface area contributed by atoms with E-state index in [1.54, 1.807) is 0 Å². The van der Waals surface area contributed by atoms with Crippen LogP contribution in [0.5, 0.6) is 0 Å². The highest BCUT2D eigenvalue weighted by atomic mass is 32.1. The van der Waals surface area contributed by atoms with E-state index >= 15 is 0 Å². The third-order valence-corrected chi connectivity index (χ3v) is 6.32. The first-order valence-electron chi connectivity index (χ1n) is 10.2. The lowest BCUT2D eigenvalue weighted by atomic mass is 9.87. The van der Waals surface area contributed by atoms with E-state index in [0.717, 1.165) is 27.0 Å². The molecule has 0 aliphatic heterocycles. The minimum atomic E-state index is -0.343. The van der Waals surface area contributed by atoms with Crippen LogP contribution in [-0.4, -0.2) is 15.9 Å². The minimum Gasteiger partial charge on any atom is -0.457 e. The van der Waals surface area contributed by atoms with E-state index in [2.05, 4.69) is 48.2 Å². The zero-order chi connectivity index (χ0) is 22.0. The number of aromatic nitrogens is 2. The molecule has 0 fully saturated rings. The van der Waals surface area contributed by atoms with Gasteiger partial charge in [0.15, 0.2) is 0 Å². The van der Waals surface area contributed by atoms with Crippen molar-refractivity contribution in [2.75, 3.05) is 5.32 Å². The maximum atomic E-state index is 12.7. The fourth-order valence-corrected chi connectivity index (χ4v) is 4.38. The fraction of sp³-hybridized carbons (Fsp3) is 0.240. The van der Waals surface area contributed by atoms with Crippen LogP contribution in [0, 0.1) is 6.92 Å². The molecule has 1 N–H and O–H groups in total. The first-order valence-corrected chi connectivity index (χ1v) is 11.0. The Morgan fingerprint density at radius 2 is 1.74 bits per heavy atom. The fourth-order valence-electron chi connectivity index (χ4n) is 3.34. The second-order valence-electron chi connectivity index (χ2n) is 8.47. The van der Waals surface area contributed by atoms with E-state index in [1.807, 2.05) is 49.4 Å². The van der Waals surface area contributed by atoms with Gasteiger partial charge >= 0.3 is 5.97 Å². The van der Waals surface area contributed by atoms with Crippen LogP contribution < -0.4 is 5.32 Å². The zero-order valence-corrected chi connectivity index (χ0v) is 18.9. The molecule has 5 nitrogen and oxygen atoms in total. The molecule has 0 spiro atoms. The molecule has 158 valence electrons. The number of anilines is 2. The third kappa shape index (κ3) is 4.59. The first-order chi connectivity index (χ1) is 14.8. The zero-order valence-electron chi connectivity index (χ0n) is 18.1. The lowest BCUT2D eigenvalue weighted by molar-refractivity contribution is 0.0478. The molecule has 0 atom stereocenters. The van der Waals surface area contributed by atoms with Gasteiger partial charge in [0.1, 0.15) is 28.5 Å². The van der Waals surface area contributed by atoms with Gasteiger partial charge in [-0.05, 0) is 41.2 Å². The lowest BCUT2D eigenvalue weighted by Gasteiger charge is -2.19. The van der Waals surface area contributed by atoms with Gasteiger partial charge in [0.2, 0.25) is 0 Å². The Morgan fingerprint density at radius 1 is 1.03 bits per heavy atom. The number of thiophene rings is 1. The average molecular weight is 432 g/mol. The molecule has 0 saturated carbocycles. The summed E-state index contributed by atoms with van der Waals surface area (Å²) in [6.07, 6.45) is 1.52. The van der Waals surface area contributed by atoms with Gasteiger partial charge < -0.3 is 10.1 Å². The van der Waals surface area contributed by atoms with E-state index in [9.17, 15) is 4.79 Å². The molecule has 4 rings (SSSR count). The highest BCUT2D eigenvalue weighted by molar-refractivity contribution is 7.20. The van der Waals surface area contributed by atoms with Crippen LogP contribution in [-0.2, 0) is 16.8 Å². The maximum Gasteiger partial charge on any atom is 0.349 e. The molecular formula is C25H25N3O2S. The number of fused-ring (bicyclic) bond motifs is 1. The maximum absolute atomic E-state index is 12.7. The molecule has 0 radical (unpaired) electrons. The second-order valence-corrected chi connectivity index (χ2v) is 9.47. The number of rotatable bonds is 5. The van der Waals surface area contributed by atoms with E-state index in [-0.39, 0.29) is 18.0 Å². The number of carbonyl (C=O) groups excluding carboxylic acids is 1. The van der Waals surface area contributed by atoms with E-state index < -0.39 is 0 Å². The molecule has 0 saturated heterocycles. The first kappa shape index (κ1) is 21.0. The van der Waals surface area contributed by atoms with Gasteiger partial charge in [-0.1, -0.05) is 63.2 Å². The lowest BCUT2D eigenvalue weighted by Crippen LogP contribution is -2.10. The van der Waals surface area contributed by atoms with Crippen LogP contribution in [0.15, 0.2) is 60.9 Å². The quantitative estimate of drug-likeness (QED) is 0.371. The topological polar surface area (TPSA) is 64.1 Å². The molecule has 4 aromatic rings.